The van der Waals surface area contributed by atoms with Crippen molar-refractivity contribution < 1.29 is 9.47 Å². The zero-order valence-corrected chi connectivity index (χ0v) is 15.3. The highest BCUT2D eigenvalue weighted by molar-refractivity contribution is 5.85. The van der Waals surface area contributed by atoms with Gasteiger partial charge in [0.15, 0.2) is 11.5 Å². The van der Waals surface area contributed by atoms with Crippen molar-refractivity contribution in [2.75, 3.05) is 40.4 Å². The van der Waals surface area contributed by atoms with Crippen LogP contribution in [0.5, 0.6) is 11.5 Å². The summed E-state index contributed by atoms with van der Waals surface area (Å²) in [6, 6.07) is 6.60. The maximum Gasteiger partial charge on any atom is 0.165 e. The van der Waals surface area contributed by atoms with E-state index in [1.165, 1.54) is 5.56 Å². The summed E-state index contributed by atoms with van der Waals surface area (Å²) < 4.78 is 11.1. The van der Waals surface area contributed by atoms with Crippen molar-refractivity contribution in [2.24, 2.45) is 0 Å². The third-order valence-corrected chi connectivity index (χ3v) is 3.95. The lowest BCUT2D eigenvalue weighted by molar-refractivity contribution is 0.161. The van der Waals surface area contributed by atoms with Crippen LogP contribution in [0.4, 0.5) is 0 Å². The van der Waals surface area contributed by atoms with Crippen molar-refractivity contribution in [3.8, 4) is 11.5 Å². The second-order valence-electron chi connectivity index (χ2n) is 5.17. The topological polar surface area (TPSA) is 33.7 Å². The quantitative estimate of drug-likeness (QED) is 0.853. The molecule has 6 heteroatoms. The summed E-state index contributed by atoms with van der Waals surface area (Å²) in [5.41, 5.74) is 1.25. The van der Waals surface area contributed by atoms with Gasteiger partial charge in [-0.3, -0.25) is 4.90 Å². The van der Waals surface area contributed by atoms with Crippen LogP contribution in [0.25, 0.3) is 0 Å². The lowest BCUT2D eigenvalue weighted by Gasteiger charge is -2.36. The number of nitrogens with one attached hydrogen (secondary N) is 1. The summed E-state index contributed by atoms with van der Waals surface area (Å²) >= 11 is 0. The Morgan fingerprint density at radius 3 is 2.36 bits per heavy atom. The maximum atomic E-state index is 5.62. The van der Waals surface area contributed by atoms with Crippen molar-refractivity contribution in [3.63, 3.8) is 0 Å². The first kappa shape index (κ1) is 21.3. The summed E-state index contributed by atoms with van der Waals surface area (Å²) in [5.74, 6) is 1.70. The predicted octanol–water partition coefficient (Wildman–Crippen LogP) is 3.29. The molecule has 1 fully saturated rings. The molecule has 0 unspecified atom stereocenters. The molecule has 0 aromatic heterocycles. The van der Waals surface area contributed by atoms with Crippen LogP contribution >= 0.6 is 24.8 Å². The van der Waals surface area contributed by atoms with E-state index >= 15 is 0 Å². The zero-order valence-electron chi connectivity index (χ0n) is 13.6. The molecule has 1 heterocycles. The minimum Gasteiger partial charge on any atom is -0.493 e. The number of para-hydroxylation sites is 1. The molecule has 1 aliphatic heterocycles. The summed E-state index contributed by atoms with van der Waals surface area (Å²) in [7, 11) is 3.42. The average Bonchev–Trinajstić information content (AvgIpc) is 2.52. The number of hydrogen-bond acceptors (Lipinski definition) is 4. The normalized spacial score (nSPS) is 16.1. The first-order chi connectivity index (χ1) is 9.81. The van der Waals surface area contributed by atoms with Crippen LogP contribution in [0, 0.1) is 0 Å². The van der Waals surface area contributed by atoms with Crippen LogP contribution < -0.4 is 14.8 Å². The smallest absolute Gasteiger partial charge is 0.165 e. The van der Waals surface area contributed by atoms with Gasteiger partial charge in [-0.15, -0.1) is 24.8 Å². The first-order valence-corrected chi connectivity index (χ1v) is 7.47. The third kappa shape index (κ3) is 4.92. The SMILES string of the molecule is CCC[C@@H](c1cccc(OC)c1OC)N1CCNCC1.Cl.Cl. The van der Waals surface area contributed by atoms with Gasteiger partial charge in [0.25, 0.3) is 0 Å². The third-order valence-electron chi connectivity index (χ3n) is 3.95. The van der Waals surface area contributed by atoms with Crippen LogP contribution in [0.2, 0.25) is 0 Å². The van der Waals surface area contributed by atoms with Crippen LogP contribution in [0.3, 0.4) is 0 Å². The Labute approximate surface area is 146 Å². The number of halogens is 2. The Bertz CT molecular complexity index is 427. The van der Waals surface area contributed by atoms with Crippen molar-refractivity contribution >= 4 is 24.8 Å². The molecular weight excluding hydrogens is 323 g/mol. The molecule has 1 N–H and O–H groups in total. The summed E-state index contributed by atoms with van der Waals surface area (Å²) in [4.78, 5) is 2.55. The minimum atomic E-state index is 0. The van der Waals surface area contributed by atoms with Gasteiger partial charge in [0.05, 0.1) is 14.2 Å². The van der Waals surface area contributed by atoms with Crippen molar-refractivity contribution in [1.82, 2.24) is 10.2 Å². The molecule has 22 heavy (non-hydrogen) atoms. The highest BCUT2D eigenvalue weighted by Crippen LogP contribution is 2.38. The van der Waals surface area contributed by atoms with E-state index in [4.69, 9.17) is 9.47 Å². The maximum absolute atomic E-state index is 5.62. The fourth-order valence-corrected chi connectivity index (χ4v) is 2.98. The Kier molecular flexibility index (Phi) is 10.6. The molecule has 1 aromatic carbocycles. The standard InChI is InChI=1S/C16H26N2O2.2ClH/c1-4-6-14(18-11-9-17-10-12-18)13-7-5-8-15(19-2)16(13)20-3;;/h5,7-8,14,17H,4,6,9-12H2,1-3H3;2*1H/t14-;;/m0../s1. The van der Waals surface area contributed by atoms with Gasteiger partial charge >= 0.3 is 0 Å². The molecule has 0 amide bonds. The number of ether oxygens (including phenoxy) is 2. The number of nitrogens with zero attached hydrogens (tertiary/aromatic N) is 1. The molecule has 0 bridgehead atoms. The van der Waals surface area contributed by atoms with E-state index in [1.54, 1.807) is 14.2 Å². The molecule has 1 aliphatic rings. The van der Waals surface area contributed by atoms with E-state index in [2.05, 4.69) is 29.3 Å². The molecule has 2 rings (SSSR count). The van der Waals surface area contributed by atoms with Crippen LogP contribution in [-0.2, 0) is 0 Å². The van der Waals surface area contributed by atoms with Gasteiger partial charge < -0.3 is 14.8 Å². The van der Waals surface area contributed by atoms with Gasteiger partial charge in [-0.05, 0) is 12.5 Å². The fraction of sp³-hybridized carbons (Fsp3) is 0.625. The predicted molar refractivity (Wildman–Crippen MR) is 96.1 cm³/mol. The summed E-state index contributed by atoms with van der Waals surface area (Å²) in [6.45, 7) is 6.54. The highest BCUT2D eigenvalue weighted by Gasteiger charge is 2.25. The monoisotopic (exact) mass is 350 g/mol. The van der Waals surface area contributed by atoms with E-state index in [-0.39, 0.29) is 24.8 Å². The number of benzene rings is 1. The number of methoxy groups -OCH3 is 2. The molecule has 0 saturated carbocycles. The van der Waals surface area contributed by atoms with Gasteiger partial charge in [0.1, 0.15) is 0 Å². The van der Waals surface area contributed by atoms with Crippen LogP contribution in [-0.4, -0.2) is 45.3 Å². The minimum absolute atomic E-state index is 0. The molecule has 0 radical (unpaired) electrons. The average molecular weight is 351 g/mol. The second kappa shape index (κ2) is 10.9. The summed E-state index contributed by atoms with van der Waals surface area (Å²) in [5, 5.41) is 3.42. The van der Waals surface area contributed by atoms with Gasteiger partial charge in [-0.25, -0.2) is 0 Å². The van der Waals surface area contributed by atoms with Gasteiger partial charge in [0, 0.05) is 37.8 Å². The van der Waals surface area contributed by atoms with E-state index < -0.39 is 0 Å². The fourth-order valence-electron chi connectivity index (χ4n) is 2.98. The Morgan fingerprint density at radius 2 is 1.82 bits per heavy atom. The molecule has 0 aliphatic carbocycles. The largest absolute Gasteiger partial charge is 0.493 e. The number of rotatable bonds is 6. The van der Waals surface area contributed by atoms with Gasteiger partial charge in [-0.2, -0.15) is 0 Å². The van der Waals surface area contributed by atoms with Crippen molar-refractivity contribution in [1.29, 1.82) is 0 Å². The summed E-state index contributed by atoms with van der Waals surface area (Å²) in [6.07, 6.45) is 2.30. The lowest BCUT2D eigenvalue weighted by atomic mass is 9.98. The zero-order chi connectivity index (χ0) is 14.4. The Balaban J connectivity index is 0.00000220. The molecule has 4 nitrogen and oxygen atoms in total. The molecule has 1 aromatic rings. The van der Waals surface area contributed by atoms with Gasteiger partial charge in [0.2, 0.25) is 0 Å². The number of hydrogen-bond donors (Lipinski definition) is 1. The molecular formula is C16H28Cl2N2O2. The Morgan fingerprint density at radius 1 is 1.14 bits per heavy atom. The lowest BCUT2D eigenvalue weighted by Crippen LogP contribution is -2.45. The molecule has 1 atom stereocenters. The molecule has 1 saturated heterocycles. The number of piperazine rings is 1. The van der Waals surface area contributed by atoms with E-state index in [1.807, 2.05) is 6.07 Å². The van der Waals surface area contributed by atoms with Crippen molar-refractivity contribution in [2.45, 2.75) is 25.8 Å². The molecule has 128 valence electrons. The van der Waals surface area contributed by atoms with E-state index in [0.717, 1.165) is 50.5 Å². The van der Waals surface area contributed by atoms with Gasteiger partial charge in [-0.1, -0.05) is 25.5 Å². The first-order valence-electron chi connectivity index (χ1n) is 7.47. The van der Waals surface area contributed by atoms with E-state index in [9.17, 15) is 0 Å². The van der Waals surface area contributed by atoms with Crippen LogP contribution in [0.1, 0.15) is 31.4 Å². The Hall–Kier alpha value is -0.680. The molecule has 0 spiro atoms. The van der Waals surface area contributed by atoms with Crippen molar-refractivity contribution in [3.05, 3.63) is 23.8 Å². The highest BCUT2D eigenvalue weighted by atomic mass is 35.5. The van der Waals surface area contributed by atoms with Crippen LogP contribution in [0.15, 0.2) is 18.2 Å². The second-order valence-corrected chi connectivity index (χ2v) is 5.17. The van der Waals surface area contributed by atoms with E-state index in [0.29, 0.717) is 6.04 Å².